The molecule has 1 N–H and O–H groups in total. The number of ether oxygens (including phenoxy) is 1. The predicted molar refractivity (Wildman–Crippen MR) is 170 cm³/mol. The molecule has 5 heterocycles. The number of fused-ring (bicyclic) bond motifs is 5. The summed E-state index contributed by atoms with van der Waals surface area (Å²) in [6.45, 7) is 7.21. The van der Waals surface area contributed by atoms with Crippen LogP contribution in [0.3, 0.4) is 0 Å². The Labute approximate surface area is 261 Å². The Kier molecular flexibility index (Phi) is 7.88. The maximum absolute atomic E-state index is 14.8. The maximum Gasteiger partial charge on any atom is 0.349 e. The van der Waals surface area contributed by atoms with Crippen molar-refractivity contribution in [3.63, 3.8) is 0 Å². The molecular formula is C35H40F2N4O4. The van der Waals surface area contributed by atoms with Gasteiger partial charge in [0.1, 0.15) is 28.9 Å². The summed E-state index contributed by atoms with van der Waals surface area (Å²) >= 11 is 0. The molecule has 3 aliphatic heterocycles. The average molecular weight is 619 g/mol. The molecule has 45 heavy (non-hydrogen) atoms. The molecule has 4 unspecified atom stereocenters. The molecule has 238 valence electrons. The van der Waals surface area contributed by atoms with E-state index in [4.69, 9.17) is 9.15 Å². The lowest BCUT2D eigenvalue weighted by Crippen LogP contribution is -2.37. The van der Waals surface area contributed by atoms with Crippen LogP contribution in [0.1, 0.15) is 56.6 Å². The van der Waals surface area contributed by atoms with E-state index in [1.54, 1.807) is 12.1 Å². The smallest absolute Gasteiger partial charge is 0.349 e. The predicted octanol–water partition coefficient (Wildman–Crippen LogP) is 6.56. The first-order valence-corrected chi connectivity index (χ1v) is 16.2. The summed E-state index contributed by atoms with van der Waals surface area (Å²) in [6.07, 6.45) is 6.86. The molecule has 4 fully saturated rings. The van der Waals surface area contributed by atoms with Gasteiger partial charge in [0.05, 0.1) is 12.6 Å². The number of rotatable bonds is 4. The number of hydrogen-bond donors (Lipinski definition) is 1. The Bertz CT molecular complexity index is 1800. The van der Waals surface area contributed by atoms with Gasteiger partial charge in [-0.3, -0.25) is 4.90 Å². The lowest BCUT2D eigenvalue weighted by Gasteiger charge is -2.33. The van der Waals surface area contributed by atoms with E-state index >= 15 is 0 Å². The average Bonchev–Trinajstić information content (AvgIpc) is 3.72. The van der Waals surface area contributed by atoms with Gasteiger partial charge in [0.25, 0.3) is 0 Å². The van der Waals surface area contributed by atoms with Crippen LogP contribution in [0.4, 0.5) is 14.6 Å². The van der Waals surface area contributed by atoms with Crippen LogP contribution in [-0.4, -0.2) is 65.5 Å². The standard InChI is InChI=1S/C28H28FN3O4.C7H12FN/c1-4-19-21(29)8-7-17-10-18(33)11-20(22(17)19)25-14(2)24-23(27(34)36-25)26(31-28(30-24)35-3)32-12-15-5-6-16(9-15)13-32;8-6-4-7-2-1-3-9(7)5-6/h7-8,10-11,15-16,33H,4-6,9,12-13H2,1-3H3;6-7H,1-5H2. The molecule has 4 aliphatic rings. The van der Waals surface area contributed by atoms with Crippen molar-refractivity contribution in [3.05, 3.63) is 51.6 Å². The molecule has 10 heteroatoms. The van der Waals surface area contributed by atoms with E-state index in [0.717, 1.165) is 26.1 Å². The lowest BCUT2D eigenvalue weighted by molar-refractivity contribution is 0.292. The Morgan fingerprint density at radius 2 is 1.84 bits per heavy atom. The highest BCUT2D eigenvalue weighted by Crippen LogP contribution is 2.42. The van der Waals surface area contributed by atoms with Crippen molar-refractivity contribution in [2.75, 3.05) is 38.2 Å². The monoisotopic (exact) mass is 618 g/mol. The van der Waals surface area contributed by atoms with E-state index in [2.05, 4.69) is 19.8 Å². The Hall–Kier alpha value is -3.79. The molecule has 0 spiro atoms. The van der Waals surface area contributed by atoms with Crippen molar-refractivity contribution in [1.82, 2.24) is 14.9 Å². The SMILES string of the molecule is CCc1c(F)ccc2cc(O)cc(-c3oc(=O)c4c(N5CC6CCC(C6)C5)nc(OC)nc4c3C)c12.FC1CC2CCCN2C1. The highest BCUT2D eigenvalue weighted by Gasteiger charge is 2.36. The second-order valence-electron chi connectivity index (χ2n) is 13.1. The van der Waals surface area contributed by atoms with Gasteiger partial charge in [-0.05, 0) is 105 Å². The third-order valence-corrected chi connectivity index (χ3v) is 10.3. The van der Waals surface area contributed by atoms with Crippen molar-refractivity contribution in [1.29, 1.82) is 0 Å². The van der Waals surface area contributed by atoms with Crippen molar-refractivity contribution in [2.45, 2.75) is 71.0 Å². The van der Waals surface area contributed by atoms with Crippen LogP contribution in [0, 0.1) is 24.6 Å². The van der Waals surface area contributed by atoms with Crippen molar-refractivity contribution in [2.24, 2.45) is 11.8 Å². The Balaban J connectivity index is 0.000000308. The Morgan fingerprint density at radius 3 is 2.56 bits per heavy atom. The van der Waals surface area contributed by atoms with Gasteiger partial charge in [0.15, 0.2) is 5.82 Å². The molecule has 1 saturated carbocycles. The maximum atomic E-state index is 14.8. The normalized spacial score (nSPS) is 24.2. The van der Waals surface area contributed by atoms with E-state index in [9.17, 15) is 18.7 Å². The molecule has 1 aliphatic carbocycles. The summed E-state index contributed by atoms with van der Waals surface area (Å²) < 4.78 is 38.8. The number of phenols is 1. The van der Waals surface area contributed by atoms with Crippen LogP contribution in [0.15, 0.2) is 33.5 Å². The van der Waals surface area contributed by atoms with Crippen LogP contribution in [0.25, 0.3) is 33.0 Å². The van der Waals surface area contributed by atoms with Crippen molar-refractivity contribution >= 4 is 27.5 Å². The van der Waals surface area contributed by atoms with Crippen LogP contribution in [-0.2, 0) is 6.42 Å². The molecular weight excluding hydrogens is 578 g/mol. The quantitative estimate of drug-likeness (QED) is 0.275. The van der Waals surface area contributed by atoms with Gasteiger partial charge < -0.3 is 19.2 Å². The topological polar surface area (TPSA) is 91.9 Å². The molecule has 4 atom stereocenters. The highest BCUT2D eigenvalue weighted by molar-refractivity contribution is 6.02. The molecule has 0 radical (unpaired) electrons. The third kappa shape index (κ3) is 5.41. The highest BCUT2D eigenvalue weighted by atomic mass is 19.1. The van der Waals surface area contributed by atoms with E-state index in [1.165, 1.54) is 51.3 Å². The second-order valence-corrected chi connectivity index (χ2v) is 13.1. The molecule has 4 aromatic rings. The number of piperidine rings is 1. The van der Waals surface area contributed by atoms with Crippen LogP contribution in [0.5, 0.6) is 11.8 Å². The number of aryl methyl sites for hydroxylation is 2. The van der Waals surface area contributed by atoms with Gasteiger partial charge in [0, 0.05) is 36.8 Å². The molecule has 8 rings (SSSR count). The van der Waals surface area contributed by atoms with E-state index in [0.29, 0.717) is 75.0 Å². The first kappa shape index (κ1) is 29.9. The van der Waals surface area contributed by atoms with Gasteiger partial charge in [-0.25, -0.2) is 13.6 Å². The molecule has 8 nitrogen and oxygen atoms in total. The molecule has 2 bridgehead atoms. The zero-order chi connectivity index (χ0) is 31.4. The minimum atomic E-state index is -0.563. The van der Waals surface area contributed by atoms with Crippen molar-refractivity contribution < 1.29 is 23.0 Å². The second kappa shape index (κ2) is 11.9. The third-order valence-electron chi connectivity index (χ3n) is 10.3. The summed E-state index contributed by atoms with van der Waals surface area (Å²) in [5.74, 6) is 1.63. The number of hydrogen-bond acceptors (Lipinski definition) is 8. The number of aromatic nitrogens is 2. The summed E-state index contributed by atoms with van der Waals surface area (Å²) in [4.78, 5) is 27.2. The van der Waals surface area contributed by atoms with Gasteiger partial charge in [-0.2, -0.15) is 9.97 Å². The number of nitrogens with zero attached hydrogens (tertiary/aromatic N) is 4. The number of aromatic hydroxyl groups is 1. The lowest BCUT2D eigenvalue weighted by atomic mass is 9.93. The van der Waals surface area contributed by atoms with Gasteiger partial charge in [0.2, 0.25) is 0 Å². The van der Waals surface area contributed by atoms with E-state index < -0.39 is 11.8 Å². The molecule has 3 saturated heterocycles. The van der Waals surface area contributed by atoms with E-state index in [-0.39, 0.29) is 23.3 Å². The fourth-order valence-electron chi connectivity index (χ4n) is 8.23. The summed E-state index contributed by atoms with van der Waals surface area (Å²) in [7, 11) is 1.51. The summed E-state index contributed by atoms with van der Waals surface area (Å²) in [5.41, 5.74) is 1.42. The first-order valence-electron chi connectivity index (χ1n) is 16.2. The summed E-state index contributed by atoms with van der Waals surface area (Å²) in [5, 5.41) is 12.1. The van der Waals surface area contributed by atoms with E-state index in [1.807, 2.05) is 13.8 Å². The minimum Gasteiger partial charge on any atom is -0.508 e. The number of methoxy groups -OCH3 is 1. The fraction of sp³-hybridized carbons (Fsp3) is 0.514. The van der Waals surface area contributed by atoms with Gasteiger partial charge in [-0.1, -0.05) is 13.0 Å². The number of alkyl halides is 1. The summed E-state index contributed by atoms with van der Waals surface area (Å²) in [6, 6.07) is 6.90. The minimum absolute atomic E-state index is 0.00180. The van der Waals surface area contributed by atoms with Crippen molar-refractivity contribution in [3.8, 4) is 23.1 Å². The van der Waals surface area contributed by atoms with Gasteiger partial charge >= 0.3 is 11.6 Å². The Morgan fingerprint density at radius 1 is 1.07 bits per heavy atom. The zero-order valence-corrected chi connectivity index (χ0v) is 26.1. The van der Waals surface area contributed by atoms with Crippen LogP contribution >= 0.6 is 0 Å². The fourth-order valence-corrected chi connectivity index (χ4v) is 8.23. The van der Waals surface area contributed by atoms with Crippen LogP contribution < -0.4 is 15.3 Å². The number of benzene rings is 2. The number of anilines is 1. The largest absolute Gasteiger partial charge is 0.508 e. The van der Waals surface area contributed by atoms with Gasteiger partial charge in [-0.15, -0.1) is 0 Å². The molecule has 2 aromatic carbocycles. The first-order chi connectivity index (χ1) is 21.7. The zero-order valence-electron chi connectivity index (χ0n) is 26.1. The number of phenolic OH excluding ortho intramolecular Hbond substituents is 1. The molecule has 2 aromatic heterocycles. The molecule has 0 amide bonds. The van der Waals surface area contributed by atoms with Crippen LogP contribution in [0.2, 0.25) is 0 Å². The number of halogens is 2.